The number of hydrogen-bond acceptors (Lipinski definition) is 1. The fourth-order valence-corrected chi connectivity index (χ4v) is 3.58. The lowest BCUT2D eigenvalue weighted by Gasteiger charge is -2.19. The number of rotatable bonds is 4. The normalized spacial score (nSPS) is 12.4. The van der Waals surface area contributed by atoms with Gasteiger partial charge in [0.15, 0.2) is 0 Å². The monoisotopic (exact) mass is 483 g/mol. The van der Waals surface area contributed by atoms with Crippen LogP contribution in [-0.2, 0) is 6.42 Å². The Bertz CT molecular complexity index is 619. The molecule has 0 amide bonds. The molecule has 20 heavy (non-hydrogen) atoms. The quantitative estimate of drug-likeness (QED) is 0.536. The minimum Gasteiger partial charge on any atom is -0.313 e. The average Bonchev–Trinajstić information content (AvgIpc) is 2.41. The topological polar surface area (TPSA) is 12.0 Å². The first-order valence-corrected chi connectivity index (χ1v) is 8.70. The Labute approximate surface area is 151 Å². The summed E-state index contributed by atoms with van der Waals surface area (Å²) in [5.74, 6) is 0. The zero-order valence-electron chi connectivity index (χ0n) is 10.8. The van der Waals surface area contributed by atoms with Gasteiger partial charge in [-0.1, -0.05) is 45.2 Å². The molecule has 2 rings (SSSR count). The summed E-state index contributed by atoms with van der Waals surface area (Å²) in [6, 6.07) is 12.2. The van der Waals surface area contributed by atoms with Crippen molar-refractivity contribution in [2.24, 2.45) is 0 Å². The number of likely N-dealkylation sites (N-methyl/N-ethyl adjacent to an activating group) is 1. The Balaban J connectivity index is 2.31. The van der Waals surface area contributed by atoms with Crippen LogP contribution in [0.4, 0.5) is 0 Å². The molecular weight excluding hydrogens is 472 g/mol. The average molecular weight is 485 g/mol. The van der Waals surface area contributed by atoms with Crippen LogP contribution in [0.1, 0.15) is 17.2 Å². The van der Waals surface area contributed by atoms with Crippen molar-refractivity contribution in [3.63, 3.8) is 0 Å². The molecule has 2 aromatic carbocycles. The first-order valence-electron chi connectivity index (χ1n) is 6.07. The van der Waals surface area contributed by atoms with Crippen molar-refractivity contribution in [2.45, 2.75) is 12.5 Å². The van der Waals surface area contributed by atoms with Gasteiger partial charge in [0.2, 0.25) is 0 Å². The van der Waals surface area contributed by atoms with Crippen molar-refractivity contribution in [2.75, 3.05) is 7.05 Å². The number of nitrogens with one attached hydrogen (secondary N) is 1. The largest absolute Gasteiger partial charge is 0.313 e. The van der Waals surface area contributed by atoms with Crippen LogP contribution in [0.15, 0.2) is 40.9 Å². The lowest BCUT2D eigenvalue weighted by molar-refractivity contribution is 0.589. The molecule has 0 aromatic heterocycles. The zero-order chi connectivity index (χ0) is 14.7. The van der Waals surface area contributed by atoms with E-state index >= 15 is 0 Å². The first-order chi connectivity index (χ1) is 9.51. The summed E-state index contributed by atoms with van der Waals surface area (Å²) in [7, 11) is 1.96. The van der Waals surface area contributed by atoms with Gasteiger partial charge in [-0.2, -0.15) is 0 Å². The van der Waals surface area contributed by atoms with Gasteiger partial charge in [0.05, 0.1) is 0 Å². The van der Waals surface area contributed by atoms with Gasteiger partial charge < -0.3 is 5.32 Å². The third-order valence-electron chi connectivity index (χ3n) is 3.12. The molecule has 1 atom stereocenters. The Morgan fingerprint density at radius 3 is 2.60 bits per heavy atom. The highest BCUT2D eigenvalue weighted by atomic mass is 127. The van der Waals surface area contributed by atoms with Crippen molar-refractivity contribution in [3.8, 4) is 0 Å². The fourth-order valence-electron chi connectivity index (χ4n) is 2.06. The molecule has 0 bridgehead atoms. The summed E-state index contributed by atoms with van der Waals surface area (Å²) in [6.45, 7) is 0. The van der Waals surface area contributed by atoms with E-state index in [1.165, 1.54) is 9.13 Å². The second-order valence-corrected chi connectivity index (χ2v) is 7.39. The maximum absolute atomic E-state index is 6.26. The summed E-state index contributed by atoms with van der Waals surface area (Å²) >= 11 is 18.1. The van der Waals surface area contributed by atoms with Crippen LogP contribution in [0.25, 0.3) is 0 Å². The molecule has 0 spiro atoms. The Morgan fingerprint density at radius 2 is 1.95 bits per heavy atom. The van der Waals surface area contributed by atoms with Crippen LogP contribution in [0, 0.1) is 3.57 Å². The lowest BCUT2D eigenvalue weighted by atomic mass is 9.99. The van der Waals surface area contributed by atoms with Crippen LogP contribution < -0.4 is 5.32 Å². The predicted molar refractivity (Wildman–Crippen MR) is 98.8 cm³/mol. The van der Waals surface area contributed by atoms with Gasteiger partial charge in [-0.15, -0.1) is 0 Å². The van der Waals surface area contributed by atoms with Crippen LogP contribution >= 0.6 is 61.7 Å². The number of hydrogen-bond donors (Lipinski definition) is 1. The summed E-state index contributed by atoms with van der Waals surface area (Å²) in [5.41, 5.74) is 2.31. The highest BCUT2D eigenvalue weighted by Crippen LogP contribution is 2.30. The van der Waals surface area contributed by atoms with Gasteiger partial charge in [0, 0.05) is 24.1 Å². The van der Waals surface area contributed by atoms with E-state index in [4.69, 9.17) is 23.2 Å². The maximum atomic E-state index is 6.26. The second kappa shape index (κ2) is 7.45. The molecule has 0 aliphatic rings. The van der Waals surface area contributed by atoms with Crippen molar-refractivity contribution < 1.29 is 0 Å². The molecule has 2 aromatic rings. The summed E-state index contributed by atoms with van der Waals surface area (Å²) in [6.07, 6.45) is 0.811. The summed E-state index contributed by atoms with van der Waals surface area (Å²) < 4.78 is 2.31. The first kappa shape index (κ1) is 16.6. The summed E-state index contributed by atoms with van der Waals surface area (Å²) in [5, 5.41) is 4.72. The maximum Gasteiger partial charge on any atom is 0.0453 e. The third-order valence-corrected chi connectivity index (χ3v) is 5.10. The SMILES string of the molecule is CNC(Cc1ccc(Cl)cc1Cl)c1cc(I)ccc1Br. The van der Waals surface area contributed by atoms with Gasteiger partial charge >= 0.3 is 0 Å². The minimum absolute atomic E-state index is 0.192. The predicted octanol–water partition coefficient (Wildman–Crippen LogP) is 5.86. The van der Waals surface area contributed by atoms with Crippen molar-refractivity contribution >= 4 is 61.7 Å². The van der Waals surface area contributed by atoms with Crippen molar-refractivity contribution in [1.82, 2.24) is 5.32 Å². The van der Waals surface area contributed by atoms with E-state index in [9.17, 15) is 0 Å². The van der Waals surface area contributed by atoms with Gasteiger partial charge in [-0.3, -0.25) is 0 Å². The molecule has 1 N–H and O–H groups in total. The molecule has 1 nitrogen and oxygen atoms in total. The van der Waals surface area contributed by atoms with E-state index in [-0.39, 0.29) is 6.04 Å². The van der Waals surface area contributed by atoms with Gasteiger partial charge in [-0.05, 0) is 77.5 Å². The molecule has 0 heterocycles. The fraction of sp³-hybridized carbons (Fsp3) is 0.200. The molecule has 0 fully saturated rings. The van der Waals surface area contributed by atoms with Crippen LogP contribution in [0.2, 0.25) is 10.0 Å². The van der Waals surface area contributed by atoms with E-state index in [0.29, 0.717) is 10.0 Å². The van der Waals surface area contributed by atoms with E-state index in [1.54, 1.807) is 6.07 Å². The van der Waals surface area contributed by atoms with Crippen molar-refractivity contribution in [1.29, 1.82) is 0 Å². The summed E-state index contributed by atoms with van der Waals surface area (Å²) in [4.78, 5) is 0. The molecule has 1 unspecified atom stereocenters. The van der Waals surface area contributed by atoms with Crippen LogP contribution in [0.5, 0.6) is 0 Å². The van der Waals surface area contributed by atoms with Crippen LogP contribution in [0.3, 0.4) is 0 Å². The third kappa shape index (κ3) is 4.10. The molecule has 0 aliphatic heterocycles. The molecule has 0 saturated carbocycles. The smallest absolute Gasteiger partial charge is 0.0453 e. The molecule has 0 saturated heterocycles. The molecule has 0 aliphatic carbocycles. The highest BCUT2D eigenvalue weighted by molar-refractivity contribution is 14.1. The molecular formula is C15H13BrCl2IN. The molecule has 0 radical (unpaired) electrons. The standard InChI is InChI=1S/C15H13BrCl2IN/c1-20-15(12-8-11(19)4-5-13(12)16)6-9-2-3-10(17)7-14(9)18/h2-5,7-8,15,20H,6H2,1H3. The minimum atomic E-state index is 0.192. The Hall–Kier alpha value is 0.190. The second-order valence-electron chi connectivity index (χ2n) is 4.45. The van der Waals surface area contributed by atoms with E-state index < -0.39 is 0 Å². The van der Waals surface area contributed by atoms with Gasteiger partial charge in [0.25, 0.3) is 0 Å². The molecule has 5 heteroatoms. The van der Waals surface area contributed by atoms with Crippen LogP contribution in [-0.4, -0.2) is 7.05 Å². The lowest BCUT2D eigenvalue weighted by Crippen LogP contribution is -2.19. The van der Waals surface area contributed by atoms with Gasteiger partial charge in [-0.25, -0.2) is 0 Å². The van der Waals surface area contributed by atoms with E-state index in [2.05, 4.69) is 62.0 Å². The Morgan fingerprint density at radius 1 is 1.20 bits per heavy atom. The van der Waals surface area contributed by atoms with E-state index in [1.807, 2.05) is 19.2 Å². The van der Waals surface area contributed by atoms with Gasteiger partial charge in [0.1, 0.15) is 0 Å². The van der Waals surface area contributed by atoms with E-state index in [0.717, 1.165) is 16.5 Å². The Kier molecular flexibility index (Phi) is 6.17. The number of halogens is 4. The molecule has 106 valence electrons. The zero-order valence-corrected chi connectivity index (χ0v) is 16.0. The highest BCUT2D eigenvalue weighted by Gasteiger charge is 2.15. The van der Waals surface area contributed by atoms with Crippen molar-refractivity contribution in [3.05, 3.63) is 65.6 Å². The number of benzene rings is 2.